The number of fused-ring (bicyclic) bond motifs is 1. The topological polar surface area (TPSA) is 51.1 Å². The number of para-hydroxylation sites is 1. The van der Waals surface area contributed by atoms with Gasteiger partial charge in [0.2, 0.25) is 0 Å². The minimum Gasteiger partial charge on any atom is -0.317 e. The van der Waals surface area contributed by atoms with Crippen LogP contribution in [0, 0.1) is 0 Å². The van der Waals surface area contributed by atoms with Crippen molar-refractivity contribution >= 4 is 43.9 Å². The Bertz CT molecular complexity index is 985. The molecule has 1 N–H and O–H groups in total. The van der Waals surface area contributed by atoms with Crippen molar-refractivity contribution in [3.05, 3.63) is 52.5 Å². The maximum absolute atomic E-state index is 13.1. The highest BCUT2D eigenvalue weighted by Gasteiger charge is 2.26. The molecule has 3 aromatic rings. The van der Waals surface area contributed by atoms with Crippen LogP contribution in [-0.4, -0.2) is 25.5 Å². The molecule has 1 aliphatic rings. The second-order valence-electron chi connectivity index (χ2n) is 5.99. The summed E-state index contributed by atoms with van der Waals surface area (Å²) in [7, 11) is -3.63. The van der Waals surface area contributed by atoms with Crippen LogP contribution in [0.15, 0.2) is 46.8 Å². The highest BCUT2D eigenvalue weighted by molar-refractivity contribution is 7.92. The summed E-state index contributed by atoms with van der Waals surface area (Å²) >= 11 is 7.03. The third-order valence-corrected chi connectivity index (χ3v) is 7.92. The van der Waals surface area contributed by atoms with E-state index in [-0.39, 0.29) is 4.21 Å². The quantitative estimate of drug-likeness (QED) is 0.745. The number of hydrogen-bond donors (Lipinski definition) is 1. The van der Waals surface area contributed by atoms with Crippen molar-refractivity contribution in [3.63, 3.8) is 0 Å². The Morgan fingerprint density at radius 1 is 1.12 bits per heavy atom. The molecule has 0 radical (unpaired) electrons. The number of piperidine rings is 1. The van der Waals surface area contributed by atoms with E-state index < -0.39 is 10.0 Å². The summed E-state index contributed by atoms with van der Waals surface area (Å²) in [6, 6.07) is 10.9. The molecule has 126 valence electrons. The van der Waals surface area contributed by atoms with E-state index in [1.165, 1.54) is 3.97 Å². The number of halogens is 1. The van der Waals surface area contributed by atoms with Gasteiger partial charge in [-0.05, 0) is 55.6 Å². The molecule has 4 rings (SSSR count). The summed E-state index contributed by atoms with van der Waals surface area (Å²) in [6.45, 7) is 1.94. The first-order valence-electron chi connectivity index (χ1n) is 7.89. The Kier molecular flexibility index (Phi) is 4.16. The first kappa shape index (κ1) is 16.1. The van der Waals surface area contributed by atoms with Gasteiger partial charge in [0.25, 0.3) is 10.0 Å². The zero-order valence-electron chi connectivity index (χ0n) is 12.9. The van der Waals surface area contributed by atoms with Gasteiger partial charge in [-0.2, -0.15) is 8.42 Å². The zero-order chi connectivity index (χ0) is 16.7. The summed E-state index contributed by atoms with van der Waals surface area (Å²) < 4.78 is 28.3. The summed E-state index contributed by atoms with van der Waals surface area (Å²) in [5.41, 5.74) is 1.86. The molecule has 1 fully saturated rings. The van der Waals surface area contributed by atoms with Gasteiger partial charge in [0.15, 0.2) is 0 Å². The normalized spacial score (nSPS) is 16.7. The van der Waals surface area contributed by atoms with Gasteiger partial charge < -0.3 is 5.32 Å². The lowest BCUT2D eigenvalue weighted by Crippen LogP contribution is -2.26. The van der Waals surface area contributed by atoms with Crippen molar-refractivity contribution in [2.75, 3.05) is 13.1 Å². The van der Waals surface area contributed by atoms with E-state index >= 15 is 0 Å². The Hall–Kier alpha value is -1.34. The summed E-state index contributed by atoms with van der Waals surface area (Å²) in [5, 5.41) is 4.38. The lowest BCUT2D eigenvalue weighted by atomic mass is 9.90. The largest absolute Gasteiger partial charge is 0.317 e. The maximum atomic E-state index is 13.1. The van der Waals surface area contributed by atoms with Crippen molar-refractivity contribution in [1.29, 1.82) is 0 Å². The average Bonchev–Trinajstić information content (AvgIpc) is 3.20. The lowest BCUT2D eigenvalue weighted by Gasteiger charge is -2.22. The molecule has 0 unspecified atom stereocenters. The number of rotatable bonds is 3. The molecule has 3 heterocycles. The first-order chi connectivity index (χ1) is 11.6. The SMILES string of the molecule is O=S(=O)(c1ccc(Cl)s1)n1cc(C2CCNCC2)c2ccccc21. The van der Waals surface area contributed by atoms with Crippen LogP contribution in [0.3, 0.4) is 0 Å². The van der Waals surface area contributed by atoms with Crippen molar-refractivity contribution in [2.45, 2.75) is 23.0 Å². The Labute approximate surface area is 150 Å². The monoisotopic (exact) mass is 380 g/mol. The predicted octanol–water partition coefficient (Wildman–Crippen LogP) is 4.06. The number of nitrogens with zero attached hydrogens (tertiary/aromatic N) is 1. The molecule has 24 heavy (non-hydrogen) atoms. The molecule has 0 atom stereocenters. The highest BCUT2D eigenvalue weighted by Crippen LogP contribution is 2.36. The van der Waals surface area contributed by atoms with Crippen LogP contribution in [0.4, 0.5) is 0 Å². The van der Waals surface area contributed by atoms with Gasteiger partial charge in [0, 0.05) is 11.6 Å². The third kappa shape index (κ3) is 2.67. The van der Waals surface area contributed by atoms with E-state index in [2.05, 4.69) is 5.32 Å². The number of thiophene rings is 1. The maximum Gasteiger partial charge on any atom is 0.277 e. The fourth-order valence-electron chi connectivity index (χ4n) is 3.37. The van der Waals surface area contributed by atoms with E-state index in [0.29, 0.717) is 10.3 Å². The second-order valence-corrected chi connectivity index (χ2v) is 9.74. The van der Waals surface area contributed by atoms with Crippen LogP contribution < -0.4 is 5.32 Å². The third-order valence-electron chi connectivity index (χ3n) is 4.55. The van der Waals surface area contributed by atoms with Crippen LogP contribution >= 0.6 is 22.9 Å². The van der Waals surface area contributed by atoms with Gasteiger partial charge in [-0.1, -0.05) is 29.8 Å². The minimum atomic E-state index is -3.63. The van der Waals surface area contributed by atoms with Gasteiger partial charge >= 0.3 is 0 Å². The van der Waals surface area contributed by atoms with Crippen LogP contribution in [-0.2, 0) is 10.0 Å². The number of hydrogen-bond acceptors (Lipinski definition) is 4. The van der Waals surface area contributed by atoms with Gasteiger partial charge in [-0.15, -0.1) is 11.3 Å². The molecule has 1 aliphatic heterocycles. The van der Waals surface area contributed by atoms with Crippen molar-refractivity contribution in [1.82, 2.24) is 9.29 Å². The standard InChI is InChI=1S/C17H17ClN2O2S2/c18-16-5-6-17(23-16)24(21,22)20-11-14(12-7-9-19-10-8-12)13-3-1-2-4-15(13)20/h1-6,11-12,19H,7-10H2. The van der Waals surface area contributed by atoms with E-state index in [4.69, 9.17) is 11.6 Å². The number of nitrogens with one attached hydrogen (secondary N) is 1. The molecule has 4 nitrogen and oxygen atoms in total. The van der Waals surface area contributed by atoms with E-state index in [1.807, 2.05) is 30.5 Å². The Morgan fingerprint density at radius 3 is 2.58 bits per heavy atom. The van der Waals surface area contributed by atoms with E-state index in [1.54, 1.807) is 12.1 Å². The van der Waals surface area contributed by atoms with Gasteiger partial charge in [-0.25, -0.2) is 3.97 Å². The summed E-state index contributed by atoms with van der Waals surface area (Å²) in [4.78, 5) is 0. The summed E-state index contributed by atoms with van der Waals surface area (Å²) in [6.07, 6.45) is 3.86. The fourth-order valence-corrected chi connectivity index (χ4v) is 6.32. The highest BCUT2D eigenvalue weighted by atomic mass is 35.5. The smallest absolute Gasteiger partial charge is 0.277 e. The Balaban J connectivity index is 1.90. The van der Waals surface area contributed by atoms with Gasteiger partial charge in [0.1, 0.15) is 4.21 Å². The van der Waals surface area contributed by atoms with Crippen LogP contribution in [0.2, 0.25) is 4.34 Å². The number of aromatic nitrogens is 1. The first-order valence-corrected chi connectivity index (χ1v) is 10.5. The Morgan fingerprint density at radius 2 is 1.88 bits per heavy atom. The lowest BCUT2D eigenvalue weighted by molar-refractivity contribution is 0.462. The van der Waals surface area contributed by atoms with Gasteiger partial charge in [-0.3, -0.25) is 0 Å². The van der Waals surface area contributed by atoms with Crippen LogP contribution in [0.25, 0.3) is 10.9 Å². The predicted molar refractivity (Wildman–Crippen MR) is 98.7 cm³/mol. The zero-order valence-corrected chi connectivity index (χ0v) is 15.3. The molecule has 0 spiro atoms. The molecular formula is C17H17ClN2O2S2. The molecule has 7 heteroatoms. The van der Waals surface area contributed by atoms with Crippen molar-refractivity contribution < 1.29 is 8.42 Å². The summed E-state index contributed by atoms with van der Waals surface area (Å²) in [5.74, 6) is 0.388. The van der Waals surface area contributed by atoms with Crippen molar-refractivity contribution in [3.8, 4) is 0 Å². The van der Waals surface area contributed by atoms with Crippen LogP contribution in [0.1, 0.15) is 24.3 Å². The number of benzene rings is 1. The van der Waals surface area contributed by atoms with Crippen LogP contribution in [0.5, 0.6) is 0 Å². The van der Waals surface area contributed by atoms with Crippen molar-refractivity contribution in [2.24, 2.45) is 0 Å². The average molecular weight is 381 g/mol. The van der Waals surface area contributed by atoms with E-state index in [0.717, 1.165) is 53.7 Å². The molecule has 1 saturated heterocycles. The molecule has 1 aromatic carbocycles. The molecular weight excluding hydrogens is 364 g/mol. The fraction of sp³-hybridized carbons (Fsp3) is 0.294. The van der Waals surface area contributed by atoms with E-state index in [9.17, 15) is 8.42 Å². The molecule has 0 bridgehead atoms. The minimum absolute atomic E-state index is 0.269. The molecule has 0 saturated carbocycles. The second kappa shape index (κ2) is 6.19. The molecule has 0 aliphatic carbocycles. The van der Waals surface area contributed by atoms with Gasteiger partial charge in [0.05, 0.1) is 9.85 Å². The molecule has 0 amide bonds. The molecule has 2 aromatic heterocycles.